The molecule has 30 heavy (non-hydrogen) atoms. The Hall–Kier alpha value is -3.91. The number of anilines is 1. The fourth-order valence-corrected chi connectivity index (χ4v) is 4.24. The first kappa shape index (κ1) is 18.1. The number of ether oxygens (including phenoxy) is 1. The minimum atomic E-state index is -0.540. The van der Waals surface area contributed by atoms with E-state index >= 15 is 0 Å². The van der Waals surface area contributed by atoms with E-state index in [0.29, 0.717) is 28.0 Å². The van der Waals surface area contributed by atoms with Gasteiger partial charge in [0.1, 0.15) is 17.2 Å². The average Bonchev–Trinajstić information content (AvgIpc) is 3.41. The fraction of sp³-hybridized carbons (Fsp3) is 0.0455. The topological polar surface area (TPSA) is 110 Å². The molecule has 0 unspecified atom stereocenters. The molecule has 0 aliphatic carbocycles. The largest absolute Gasteiger partial charge is 0.457 e. The first-order valence-electron chi connectivity index (χ1n) is 9.21. The maximum Gasteiger partial charge on any atom is 0.265 e. The number of H-pyrrole nitrogens is 1. The zero-order valence-electron chi connectivity index (χ0n) is 15.6. The highest BCUT2D eigenvalue weighted by Gasteiger charge is 2.32. The number of aromatic nitrogens is 2. The van der Waals surface area contributed by atoms with Crippen LogP contribution in [-0.4, -0.2) is 21.8 Å². The van der Waals surface area contributed by atoms with Gasteiger partial charge in [0.05, 0.1) is 11.6 Å². The molecule has 4 aromatic rings. The quantitative estimate of drug-likeness (QED) is 0.465. The average molecular weight is 416 g/mol. The number of aromatic amines is 1. The highest BCUT2D eigenvalue weighted by molar-refractivity contribution is 7.14. The zero-order valence-corrected chi connectivity index (χ0v) is 16.4. The Morgan fingerprint density at radius 1 is 1.07 bits per heavy atom. The molecule has 2 aromatic heterocycles. The van der Waals surface area contributed by atoms with Gasteiger partial charge in [0, 0.05) is 28.3 Å². The van der Waals surface area contributed by atoms with Gasteiger partial charge in [-0.05, 0) is 18.2 Å². The van der Waals surface area contributed by atoms with E-state index in [4.69, 9.17) is 10.5 Å². The lowest BCUT2D eigenvalue weighted by atomic mass is 9.87. The fourth-order valence-electron chi connectivity index (χ4n) is 3.52. The Morgan fingerprint density at radius 2 is 1.73 bits per heavy atom. The molecule has 1 aliphatic heterocycles. The summed E-state index contributed by atoms with van der Waals surface area (Å²) in [6, 6.07) is 16.7. The third kappa shape index (κ3) is 3.13. The summed E-state index contributed by atoms with van der Waals surface area (Å²) < 4.78 is 5.96. The van der Waals surface area contributed by atoms with Crippen LogP contribution in [0.1, 0.15) is 27.5 Å². The maximum absolute atomic E-state index is 13.3. The minimum absolute atomic E-state index is 0.189. The molecule has 0 saturated carbocycles. The highest BCUT2D eigenvalue weighted by Crippen LogP contribution is 2.44. The van der Waals surface area contributed by atoms with Gasteiger partial charge in [-0.1, -0.05) is 36.4 Å². The second-order valence-corrected chi connectivity index (χ2v) is 7.66. The molecule has 0 bridgehead atoms. The first-order valence-corrected chi connectivity index (χ1v) is 10.1. The number of rotatable bonds is 4. The molecule has 4 N–H and O–H groups in total. The molecular formula is C22H16N4O3S. The van der Waals surface area contributed by atoms with E-state index in [1.807, 2.05) is 53.9 Å². The van der Waals surface area contributed by atoms with Crippen LogP contribution < -0.4 is 15.8 Å². The van der Waals surface area contributed by atoms with E-state index in [1.165, 1.54) is 11.3 Å². The SMILES string of the molecule is NC(=O)c1cc(-c2csc(NC(=O)C3c4ccccc4Oc4ccccc43)n2)c[nH]1. The van der Waals surface area contributed by atoms with E-state index < -0.39 is 11.8 Å². The number of nitrogens with zero attached hydrogens (tertiary/aromatic N) is 1. The lowest BCUT2D eigenvalue weighted by Crippen LogP contribution is -2.25. The van der Waals surface area contributed by atoms with Crippen molar-refractivity contribution in [3.8, 4) is 22.8 Å². The van der Waals surface area contributed by atoms with Gasteiger partial charge < -0.3 is 20.8 Å². The Balaban J connectivity index is 1.44. The molecule has 2 amide bonds. The second kappa shape index (κ2) is 7.16. The van der Waals surface area contributed by atoms with Gasteiger partial charge in [0.15, 0.2) is 5.13 Å². The molecule has 7 nitrogen and oxygen atoms in total. The van der Waals surface area contributed by atoms with E-state index in [0.717, 1.165) is 16.7 Å². The number of carbonyl (C=O) groups is 2. The number of nitrogens with two attached hydrogens (primary N) is 1. The zero-order chi connectivity index (χ0) is 20.7. The number of hydrogen-bond acceptors (Lipinski definition) is 5. The summed E-state index contributed by atoms with van der Waals surface area (Å²) >= 11 is 1.31. The van der Waals surface area contributed by atoms with Crippen molar-refractivity contribution in [1.82, 2.24) is 9.97 Å². The van der Waals surface area contributed by atoms with Crippen molar-refractivity contribution in [3.05, 3.63) is 83.0 Å². The summed E-state index contributed by atoms with van der Waals surface area (Å²) in [5.74, 6) is 0.102. The number of para-hydroxylation sites is 2. The molecule has 5 rings (SSSR count). The predicted octanol–water partition coefficient (Wildman–Crippen LogP) is 4.11. The molecular weight excluding hydrogens is 400 g/mol. The number of nitrogens with one attached hydrogen (secondary N) is 2. The standard InChI is InChI=1S/C22H16N4O3S/c23-20(27)15-9-12(10-24-15)16-11-30-22(25-16)26-21(28)19-13-5-1-3-7-17(13)29-18-8-4-2-6-14(18)19/h1-11,19,24H,(H2,23,27)(H,25,26,28). The number of benzene rings is 2. The molecule has 0 spiro atoms. The number of amides is 2. The normalized spacial score (nSPS) is 12.5. The predicted molar refractivity (Wildman–Crippen MR) is 114 cm³/mol. The lowest BCUT2D eigenvalue weighted by molar-refractivity contribution is -0.116. The van der Waals surface area contributed by atoms with Crippen LogP contribution in [0.3, 0.4) is 0 Å². The van der Waals surface area contributed by atoms with Crippen molar-refractivity contribution >= 4 is 28.3 Å². The molecule has 0 fully saturated rings. The summed E-state index contributed by atoms with van der Waals surface area (Å²) in [5.41, 5.74) is 8.57. The number of hydrogen-bond donors (Lipinski definition) is 3. The van der Waals surface area contributed by atoms with Gasteiger partial charge >= 0.3 is 0 Å². The number of carbonyl (C=O) groups excluding carboxylic acids is 2. The van der Waals surface area contributed by atoms with Gasteiger partial charge in [-0.25, -0.2) is 4.98 Å². The third-order valence-corrected chi connectivity index (χ3v) is 5.68. The number of fused-ring (bicyclic) bond motifs is 2. The van der Waals surface area contributed by atoms with Gasteiger partial charge in [-0.3, -0.25) is 9.59 Å². The van der Waals surface area contributed by atoms with E-state index in [9.17, 15) is 9.59 Å². The molecule has 0 radical (unpaired) electrons. The summed E-state index contributed by atoms with van der Waals surface area (Å²) in [5, 5.41) is 5.21. The van der Waals surface area contributed by atoms with Crippen molar-refractivity contribution in [1.29, 1.82) is 0 Å². The molecule has 8 heteroatoms. The van der Waals surface area contributed by atoms with Crippen LogP contribution in [0.2, 0.25) is 0 Å². The van der Waals surface area contributed by atoms with Gasteiger partial charge in [-0.2, -0.15) is 0 Å². The van der Waals surface area contributed by atoms with Crippen LogP contribution in [0.25, 0.3) is 11.3 Å². The van der Waals surface area contributed by atoms with Crippen molar-refractivity contribution in [2.75, 3.05) is 5.32 Å². The monoisotopic (exact) mass is 416 g/mol. The van der Waals surface area contributed by atoms with Crippen molar-refractivity contribution in [2.24, 2.45) is 5.73 Å². The number of thiazole rings is 1. The summed E-state index contributed by atoms with van der Waals surface area (Å²) in [4.78, 5) is 31.8. The van der Waals surface area contributed by atoms with Crippen LogP contribution >= 0.6 is 11.3 Å². The van der Waals surface area contributed by atoms with Crippen LogP contribution in [0.5, 0.6) is 11.5 Å². The summed E-state index contributed by atoms with van der Waals surface area (Å²) in [6.45, 7) is 0. The van der Waals surface area contributed by atoms with Gasteiger partial charge in [-0.15, -0.1) is 11.3 Å². The minimum Gasteiger partial charge on any atom is -0.457 e. The van der Waals surface area contributed by atoms with Crippen molar-refractivity contribution < 1.29 is 14.3 Å². The third-order valence-electron chi connectivity index (χ3n) is 4.92. The van der Waals surface area contributed by atoms with Crippen LogP contribution in [0, 0.1) is 0 Å². The Bertz CT molecular complexity index is 1230. The highest BCUT2D eigenvalue weighted by atomic mass is 32.1. The summed E-state index contributed by atoms with van der Waals surface area (Å²) in [6.07, 6.45) is 1.66. The van der Waals surface area contributed by atoms with E-state index in [-0.39, 0.29) is 5.91 Å². The van der Waals surface area contributed by atoms with E-state index in [2.05, 4.69) is 15.3 Å². The molecule has 148 valence electrons. The number of primary amides is 1. The lowest BCUT2D eigenvalue weighted by Gasteiger charge is -2.27. The molecule has 1 aliphatic rings. The Kier molecular flexibility index (Phi) is 4.33. The van der Waals surface area contributed by atoms with Crippen LogP contribution in [0.15, 0.2) is 66.2 Å². The first-order chi connectivity index (χ1) is 14.6. The summed E-state index contributed by atoms with van der Waals surface area (Å²) in [7, 11) is 0. The molecule has 3 heterocycles. The Labute approximate surface area is 175 Å². The second-order valence-electron chi connectivity index (χ2n) is 6.80. The van der Waals surface area contributed by atoms with Crippen molar-refractivity contribution in [2.45, 2.75) is 5.92 Å². The maximum atomic E-state index is 13.3. The van der Waals surface area contributed by atoms with Crippen LogP contribution in [0.4, 0.5) is 5.13 Å². The Morgan fingerprint density at radius 3 is 2.37 bits per heavy atom. The van der Waals surface area contributed by atoms with Gasteiger partial charge in [0.25, 0.3) is 5.91 Å². The van der Waals surface area contributed by atoms with Crippen LogP contribution in [-0.2, 0) is 4.79 Å². The molecule has 0 saturated heterocycles. The molecule has 2 aromatic carbocycles. The van der Waals surface area contributed by atoms with E-state index in [1.54, 1.807) is 12.3 Å². The van der Waals surface area contributed by atoms with Gasteiger partial charge in [0.2, 0.25) is 5.91 Å². The van der Waals surface area contributed by atoms with Crippen molar-refractivity contribution in [3.63, 3.8) is 0 Å². The smallest absolute Gasteiger partial charge is 0.265 e. The molecule has 0 atom stereocenters.